The molecule has 4 N–H and O–H groups in total. The van der Waals surface area contributed by atoms with Gasteiger partial charge in [0.05, 0.1) is 24.3 Å². The maximum atomic E-state index is 13.8. The molecule has 1 amide bonds. The van der Waals surface area contributed by atoms with E-state index in [1.165, 1.54) is 7.11 Å². The zero-order chi connectivity index (χ0) is 24.1. The van der Waals surface area contributed by atoms with Gasteiger partial charge in [0.15, 0.2) is 0 Å². The van der Waals surface area contributed by atoms with E-state index in [0.717, 1.165) is 34.4 Å². The van der Waals surface area contributed by atoms with Gasteiger partial charge in [-0.15, -0.1) is 24.8 Å². The Hall–Kier alpha value is -2.19. The highest BCUT2D eigenvalue weighted by molar-refractivity contribution is 6.03. The zero-order valence-corrected chi connectivity index (χ0v) is 22.6. The molecule has 1 saturated heterocycles. The minimum Gasteiger partial charge on any atom is -0.469 e. The van der Waals surface area contributed by atoms with Crippen LogP contribution in [0.2, 0.25) is 0 Å². The molecule has 2 aromatic rings. The van der Waals surface area contributed by atoms with Crippen molar-refractivity contribution in [1.82, 2.24) is 9.88 Å². The summed E-state index contributed by atoms with van der Waals surface area (Å²) in [5.41, 5.74) is 18.0. The van der Waals surface area contributed by atoms with Gasteiger partial charge in [0.2, 0.25) is 0 Å². The Labute approximate surface area is 220 Å². The molecule has 35 heavy (non-hydrogen) atoms. The number of likely N-dealkylation sites (tertiary alicyclic amines) is 1. The van der Waals surface area contributed by atoms with E-state index in [1.54, 1.807) is 0 Å². The number of halogens is 2. The Kier molecular flexibility index (Phi) is 12.1. The molecular weight excluding hydrogens is 487 g/mol. The van der Waals surface area contributed by atoms with Gasteiger partial charge in [-0.25, -0.2) is 0 Å². The first-order valence-corrected chi connectivity index (χ1v) is 11.7. The van der Waals surface area contributed by atoms with Crippen LogP contribution in [0.4, 0.5) is 0 Å². The lowest BCUT2D eigenvalue weighted by Crippen LogP contribution is -2.41. The molecule has 0 aliphatic carbocycles. The second kappa shape index (κ2) is 13.8. The van der Waals surface area contributed by atoms with Crippen molar-refractivity contribution >= 4 is 36.7 Å². The van der Waals surface area contributed by atoms with Gasteiger partial charge in [0, 0.05) is 37.4 Å². The minimum absolute atomic E-state index is 0. The number of nitrogens with zero attached hydrogens (tertiary/aromatic N) is 2. The van der Waals surface area contributed by atoms with Crippen molar-refractivity contribution < 1.29 is 14.3 Å². The summed E-state index contributed by atoms with van der Waals surface area (Å²) in [4.78, 5) is 32.4. The molecule has 1 aromatic carbocycles. The number of amides is 1. The SMILES string of the molecule is COC(=O)C1CCN(C(=O)c2c(C)nc(CC(C)C)c(CN)c2-c2ccc(CN)cc2)CC1.Cl.Cl. The van der Waals surface area contributed by atoms with E-state index in [-0.39, 0.29) is 42.6 Å². The molecule has 0 radical (unpaired) electrons. The summed E-state index contributed by atoms with van der Waals surface area (Å²) in [6.07, 6.45) is 1.99. The largest absolute Gasteiger partial charge is 0.469 e. The second-order valence-corrected chi connectivity index (χ2v) is 9.17. The Bertz CT molecular complexity index is 1000. The Morgan fingerprint density at radius 3 is 2.17 bits per heavy atom. The third kappa shape index (κ3) is 6.94. The van der Waals surface area contributed by atoms with E-state index >= 15 is 0 Å². The number of aromatic nitrogens is 1. The fourth-order valence-corrected chi connectivity index (χ4v) is 4.61. The lowest BCUT2D eigenvalue weighted by atomic mass is 9.88. The molecule has 194 valence electrons. The predicted octanol–water partition coefficient (Wildman–Crippen LogP) is 4.04. The van der Waals surface area contributed by atoms with Gasteiger partial charge in [-0.3, -0.25) is 14.6 Å². The van der Waals surface area contributed by atoms with Crippen molar-refractivity contribution in [2.24, 2.45) is 23.3 Å². The van der Waals surface area contributed by atoms with Crippen LogP contribution in [0.25, 0.3) is 11.1 Å². The van der Waals surface area contributed by atoms with E-state index in [2.05, 4.69) is 13.8 Å². The Morgan fingerprint density at radius 1 is 1.09 bits per heavy atom. The van der Waals surface area contributed by atoms with Crippen LogP contribution in [0.5, 0.6) is 0 Å². The highest BCUT2D eigenvalue weighted by atomic mass is 35.5. The molecule has 0 unspecified atom stereocenters. The van der Waals surface area contributed by atoms with Gasteiger partial charge in [0.1, 0.15) is 0 Å². The van der Waals surface area contributed by atoms with Crippen molar-refractivity contribution in [3.63, 3.8) is 0 Å². The van der Waals surface area contributed by atoms with Crippen molar-refractivity contribution in [3.8, 4) is 11.1 Å². The van der Waals surface area contributed by atoms with Gasteiger partial charge >= 0.3 is 5.97 Å². The van der Waals surface area contributed by atoms with Gasteiger partial charge in [-0.1, -0.05) is 38.1 Å². The predicted molar refractivity (Wildman–Crippen MR) is 144 cm³/mol. The summed E-state index contributed by atoms with van der Waals surface area (Å²) in [6.45, 7) is 7.98. The standard InChI is InChI=1S/C26H36N4O3.2ClH/c1-16(2)13-22-21(15-28)24(19-7-5-18(14-27)6-8-19)23(17(3)29-22)25(31)30-11-9-20(10-12-30)26(32)33-4;;/h5-8,16,20H,9-15,27-28H2,1-4H3;2*1H. The number of carbonyl (C=O) groups excluding carboxylic acids is 2. The van der Waals surface area contributed by atoms with Crippen LogP contribution in [0.15, 0.2) is 24.3 Å². The number of ether oxygens (including phenoxy) is 1. The van der Waals surface area contributed by atoms with Crippen LogP contribution in [0.3, 0.4) is 0 Å². The third-order valence-electron chi connectivity index (χ3n) is 6.38. The molecule has 1 fully saturated rings. The number of esters is 1. The number of piperidine rings is 1. The first-order chi connectivity index (χ1) is 15.8. The number of hydrogen-bond acceptors (Lipinski definition) is 6. The fourth-order valence-electron chi connectivity index (χ4n) is 4.61. The first-order valence-electron chi connectivity index (χ1n) is 11.7. The molecule has 0 atom stereocenters. The molecule has 9 heteroatoms. The van der Waals surface area contributed by atoms with Gasteiger partial charge < -0.3 is 21.1 Å². The highest BCUT2D eigenvalue weighted by Crippen LogP contribution is 2.34. The zero-order valence-electron chi connectivity index (χ0n) is 21.0. The molecule has 2 heterocycles. The monoisotopic (exact) mass is 524 g/mol. The number of hydrogen-bond donors (Lipinski definition) is 2. The van der Waals surface area contributed by atoms with Crippen LogP contribution in [0, 0.1) is 18.8 Å². The first kappa shape index (κ1) is 30.8. The fraction of sp³-hybridized carbons (Fsp3) is 0.500. The third-order valence-corrected chi connectivity index (χ3v) is 6.38. The number of benzene rings is 1. The lowest BCUT2D eigenvalue weighted by Gasteiger charge is -2.32. The number of rotatable bonds is 7. The van der Waals surface area contributed by atoms with Crippen molar-refractivity contribution in [1.29, 1.82) is 0 Å². The summed E-state index contributed by atoms with van der Waals surface area (Å²) < 4.78 is 4.88. The van der Waals surface area contributed by atoms with Crippen LogP contribution in [-0.4, -0.2) is 42.0 Å². The van der Waals surface area contributed by atoms with E-state index < -0.39 is 0 Å². The molecule has 1 aliphatic rings. The quantitative estimate of drug-likeness (QED) is 0.528. The van der Waals surface area contributed by atoms with Crippen molar-refractivity contribution in [2.75, 3.05) is 20.2 Å². The van der Waals surface area contributed by atoms with Crippen LogP contribution >= 0.6 is 24.8 Å². The molecule has 7 nitrogen and oxygen atoms in total. The van der Waals surface area contributed by atoms with E-state index in [9.17, 15) is 9.59 Å². The second-order valence-electron chi connectivity index (χ2n) is 9.17. The summed E-state index contributed by atoms with van der Waals surface area (Å²) in [6, 6.07) is 8.00. The highest BCUT2D eigenvalue weighted by Gasteiger charge is 2.31. The Balaban J connectivity index is 0.00000306. The van der Waals surface area contributed by atoms with E-state index in [4.69, 9.17) is 21.2 Å². The maximum Gasteiger partial charge on any atom is 0.308 e. The maximum absolute atomic E-state index is 13.8. The summed E-state index contributed by atoms with van der Waals surface area (Å²) >= 11 is 0. The van der Waals surface area contributed by atoms with Gasteiger partial charge in [0.25, 0.3) is 5.91 Å². The number of nitrogens with two attached hydrogens (primary N) is 2. The summed E-state index contributed by atoms with van der Waals surface area (Å²) in [7, 11) is 1.41. The number of aryl methyl sites for hydroxylation is 1. The number of pyridine rings is 1. The van der Waals surface area contributed by atoms with Crippen molar-refractivity contribution in [3.05, 3.63) is 52.3 Å². The molecule has 3 rings (SSSR count). The van der Waals surface area contributed by atoms with Gasteiger partial charge in [-0.05, 0) is 48.8 Å². The molecule has 0 bridgehead atoms. The summed E-state index contributed by atoms with van der Waals surface area (Å²) in [5, 5.41) is 0. The molecule has 1 aliphatic heterocycles. The van der Waals surface area contributed by atoms with Gasteiger partial charge in [-0.2, -0.15) is 0 Å². The van der Waals surface area contributed by atoms with Crippen LogP contribution in [-0.2, 0) is 29.0 Å². The average molecular weight is 526 g/mol. The topological polar surface area (TPSA) is 112 Å². The molecule has 0 saturated carbocycles. The Morgan fingerprint density at radius 2 is 1.69 bits per heavy atom. The van der Waals surface area contributed by atoms with Crippen LogP contribution in [0.1, 0.15) is 59.6 Å². The minimum atomic E-state index is -0.205. The van der Waals surface area contributed by atoms with E-state index in [0.29, 0.717) is 56.2 Å². The molecule has 1 aromatic heterocycles. The normalized spacial score (nSPS) is 13.7. The van der Waals surface area contributed by atoms with Crippen LogP contribution < -0.4 is 11.5 Å². The lowest BCUT2D eigenvalue weighted by molar-refractivity contribution is -0.146. The summed E-state index contributed by atoms with van der Waals surface area (Å²) in [5.74, 6) is -0.0146. The number of carbonyl (C=O) groups is 2. The average Bonchev–Trinajstić information content (AvgIpc) is 2.82. The number of methoxy groups -OCH3 is 1. The van der Waals surface area contributed by atoms with Crippen molar-refractivity contribution in [2.45, 2.75) is 53.1 Å². The smallest absolute Gasteiger partial charge is 0.308 e. The van der Waals surface area contributed by atoms with E-state index in [1.807, 2.05) is 36.1 Å². The molecule has 0 spiro atoms. The molecular formula is C26H38Cl2N4O3.